The third-order valence-electron chi connectivity index (χ3n) is 3.03. The van der Waals surface area contributed by atoms with Crippen LogP contribution in [0.3, 0.4) is 0 Å². The number of carboxylic acids is 1. The number of carboxylic acid groups (broad SMARTS) is 1. The minimum absolute atomic E-state index is 0.169. The van der Waals surface area contributed by atoms with E-state index in [1.54, 1.807) is 11.3 Å². The van der Waals surface area contributed by atoms with Crippen molar-refractivity contribution in [1.29, 1.82) is 0 Å². The van der Waals surface area contributed by atoms with Crippen LogP contribution in [0.2, 0.25) is 0 Å². The van der Waals surface area contributed by atoms with Crippen molar-refractivity contribution >= 4 is 23.2 Å². The van der Waals surface area contributed by atoms with Crippen molar-refractivity contribution in [3.05, 3.63) is 51.0 Å². The fourth-order valence-corrected chi connectivity index (χ4v) is 2.90. The minimum Gasteiger partial charge on any atom is -0.478 e. The van der Waals surface area contributed by atoms with Crippen LogP contribution in [0.5, 0.6) is 0 Å². The maximum Gasteiger partial charge on any atom is 0.335 e. The Morgan fingerprint density at radius 3 is 2.33 bits per heavy atom. The zero-order chi connectivity index (χ0) is 15.4. The Balaban J connectivity index is 1.89. The van der Waals surface area contributed by atoms with Crippen molar-refractivity contribution in [3.63, 3.8) is 0 Å². The average Bonchev–Trinajstić information content (AvgIpc) is 2.77. The Morgan fingerprint density at radius 2 is 1.81 bits per heavy atom. The summed E-state index contributed by atoms with van der Waals surface area (Å²) in [5.41, 5.74) is 1.64. The van der Waals surface area contributed by atoms with Crippen molar-refractivity contribution < 1.29 is 14.7 Å². The molecule has 0 radical (unpaired) electrons. The quantitative estimate of drug-likeness (QED) is 0.889. The summed E-state index contributed by atoms with van der Waals surface area (Å²) in [6.07, 6.45) is 0.746. The monoisotopic (exact) mass is 304 g/mol. The predicted octanol–water partition coefficient (Wildman–Crippen LogP) is 2.43. The highest BCUT2D eigenvalue weighted by molar-refractivity contribution is 7.11. The Morgan fingerprint density at radius 1 is 1.19 bits per heavy atom. The highest BCUT2D eigenvalue weighted by atomic mass is 32.1. The maximum absolute atomic E-state index is 11.9. The van der Waals surface area contributed by atoms with Crippen molar-refractivity contribution in [2.45, 2.75) is 20.3 Å². The van der Waals surface area contributed by atoms with Crippen LogP contribution in [-0.2, 0) is 6.42 Å². The van der Waals surface area contributed by atoms with Crippen LogP contribution in [0.1, 0.15) is 36.3 Å². The van der Waals surface area contributed by atoms with Crippen LogP contribution in [0.15, 0.2) is 24.3 Å². The van der Waals surface area contributed by atoms with Gasteiger partial charge in [0, 0.05) is 23.4 Å². The average molecular weight is 304 g/mol. The molecule has 0 atom stereocenters. The summed E-state index contributed by atoms with van der Waals surface area (Å²) in [4.78, 5) is 28.2. The molecule has 1 aromatic carbocycles. The largest absolute Gasteiger partial charge is 0.478 e. The van der Waals surface area contributed by atoms with Crippen LogP contribution in [-0.4, -0.2) is 28.5 Å². The lowest BCUT2D eigenvalue weighted by Crippen LogP contribution is -2.25. The number of aromatic nitrogens is 1. The molecule has 0 spiro atoms. The molecule has 1 heterocycles. The van der Waals surface area contributed by atoms with Gasteiger partial charge >= 0.3 is 5.97 Å². The molecule has 2 N–H and O–H groups in total. The number of nitrogens with zero attached hydrogens (tertiary/aromatic N) is 1. The van der Waals surface area contributed by atoms with Gasteiger partial charge in [-0.1, -0.05) is 0 Å². The van der Waals surface area contributed by atoms with Crippen molar-refractivity contribution in [1.82, 2.24) is 10.3 Å². The van der Waals surface area contributed by atoms with Gasteiger partial charge in [0.2, 0.25) is 0 Å². The van der Waals surface area contributed by atoms with Crippen LogP contribution < -0.4 is 5.32 Å². The summed E-state index contributed by atoms with van der Waals surface area (Å²) in [6.45, 7) is 4.46. The molecule has 6 heteroatoms. The first-order chi connectivity index (χ1) is 9.97. The molecule has 5 nitrogen and oxygen atoms in total. The first-order valence-electron chi connectivity index (χ1n) is 6.52. The van der Waals surface area contributed by atoms with E-state index in [-0.39, 0.29) is 11.5 Å². The Hall–Kier alpha value is -2.21. The molecule has 0 bridgehead atoms. The standard InChI is InChI=1S/C15H16N2O3S/c1-9-13(21-10(2)17-9)7-8-16-14(18)11-3-5-12(6-4-11)15(19)20/h3-6H,7-8H2,1-2H3,(H,16,18)(H,19,20). The van der Waals surface area contributed by atoms with E-state index in [9.17, 15) is 9.59 Å². The normalized spacial score (nSPS) is 10.4. The highest BCUT2D eigenvalue weighted by Gasteiger charge is 2.09. The molecule has 1 amide bonds. The fourth-order valence-electron chi connectivity index (χ4n) is 1.96. The van der Waals surface area contributed by atoms with Gasteiger partial charge in [-0.15, -0.1) is 11.3 Å². The maximum atomic E-state index is 11.9. The number of carbonyl (C=O) groups is 2. The first kappa shape index (κ1) is 15.2. The Bertz CT molecular complexity index is 662. The molecule has 0 unspecified atom stereocenters. The Kier molecular flexibility index (Phi) is 4.70. The zero-order valence-electron chi connectivity index (χ0n) is 11.8. The number of nitrogens with one attached hydrogen (secondary N) is 1. The molecule has 0 saturated carbocycles. The van der Waals surface area contributed by atoms with Gasteiger partial charge in [0.15, 0.2) is 0 Å². The number of aryl methyl sites for hydroxylation is 2. The van der Waals surface area contributed by atoms with Crippen LogP contribution >= 0.6 is 11.3 Å². The summed E-state index contributed by atoms with van der Waals surface area (Å²) < 4.78 is 0. The van der Waals surface area contributed by atoms with Gasteiger partial charge in [-0.3, -0.25) is 4.79 Å². The first-order valence-corrected chi connectivity index (χ1v) is 7.33. The highest BCUT2D eigenvalue weighted by Crippen LogP contribution is 2.17. The molecule has 0 aliphatic carbocycles. The van der Waals surface area contributed by atoms with E-state index < -0.39 is 5.97 Å². The summed E-state index contributed by atoms with van der Waals surface area (Å²) in [7, 11) is 0. The van der Waals surface area contributed by atoms with E-state index in [0.717, 1.165) is 17.1 Å². The number of benzene rings is 1. The molecule has 2 aromatic rings. The van der Waals surface area contributed by atoms with Crippen LogP contribution in [0, 0.1) is 13.8 Å². The van der Waals surface area contributed by atoms with Gasteiger partial charge in [0.25, 0.3) is 5.91 Å². The number of hydrogen-bond donors (Lipinski definition) is 2. The molecule has 0 aliphatic heterocycles. The second-order valence-corrected chi connectivity index (χ2v) is 5.92. The number of rotatable bonds is 5. The van der Waals surface area contributed by atoms with Gasteiger partial charge in [-0.25, -0.2) is 9.78 Å². The number of amides is 1. The number of carbonyl (C=O) groups excluding carboxylic acids is 1. The molecule has 0 aliphatic rings. The van der Waals surface area contributed by atoms with E-state index in [1.165, 1.54) is 29.1 Å². The molecule has 0 saturated heterocycles. The Labute approximate surface area is 126 Å². The third-order valence-corrected chi connectivity index (χ3v) is 4.16. The van der Waals surface area contributed by atoms with Crippen molar-refractivity contribution in [2.75, 3.05) is 6.54 Å². The zero-order valence-corrected chi connectivity index (χ0v) is 12.7. The molecule has 1 aromatic heterocycles. The number of hydrogen-bond acceptors (Lipinski definition) is 4. The molecule has 21 heavy (non-hydrogen) atoms. The second kappa shape index (κ2) is 6.49. The SMILES string of the molecule is Cc1nc(C)c(CCNC(=O)c2ccc(C(=O)O)cc2)s1. The van der Waals surface area contributed by atoms with Gasteiger partial charge in [0.05, 0.1) is 16.3 Å². The lowest BCUT2D eigenvalue weighted by molar-refractivity contribution is 0.0696. The summed E-state index contributed by atoms with van der Waals surface area (Å²) >= 11 is 1.64. The van der Waals surface area contributed by atoms with E-state index in [2.05, 4.69) is 10.3 Å². The molecular weight excluding hydrogens is 288 g/mol. The molecule has 2 rings (SSSR count). The topological polar surface area (TPSA) is 79.3 Å². The van der Waals surface area contributed by atoms with Gasteiger partial charge < -0.3 is 10.4 Å². The van der Waals surface area contributed by atoms with Crippen molar-refractivity contribution in [3.8, 4) is 0 Å². The van der Waals surface area contributed by atoms with Gasteiger partial charge in [0.1, 0.15) is 0 Å². The minimum atomic E-state index is -1.00. The van der Waals surface area contributed by atoms with E-state index in [4.69, 9.17) is 5.11 Å². The summed E-state index contributed by atoms with van der Waals surface area (Å²) in [6, 6.07) is 5.88. The smallest absolute Gasteiger partial charge is 0.335 e. The predicted molar refractivity (Wildman–Crippen MR) is 81.0 cm³/mol. The second-order valence-electron chi connectivity index (χ2n) is 4.63. The van der Waals surface area contributed by atoms with Crippen LogP contribution in [0.4, 0.5) is 0 Å². The molecular formula is C15H16N2O3S. The summed E-state index contributed by atoms with van der Waals surface area (Å²) in [5, 5.41) is 12.7. The summed E-state index contributed by atoms with van der Waals surface area (Å²) in [5.74, 6) is -1.20. The lowest BCUT2D eigenvalue weighted by Gasteiger charge is -2.05. The van der Waals surface area contributed by atoms with Crippen molar-refractivity contribution in [2.24, 2.45) is 0 Å². The third kappa shape index (κ3) is 3.88. The van der Waals surface area contributed by atoms with Gasteiger partial charge in [-0.05, 0) is 38.1 Å². The molecule has 110 valence electrons. The fraction of sp³-hybridized carbons (Fsp3) is 0.267. The van der Waals surface area contributed by atoms with E-state index in [0.29, 0.717) is 12.1 Å². The molecule has 0 fully saturated rings. The number of thiazole rings is 1. The van der Waals surface area contributed by atoms with Gasteiger partial charge in [-0.2, -0.15) is 0 Å². The van der Waals surface area contributed by atoms with Crippen LogP contribution in [0.25, 0.3) is 0 Å². The number of aromatic carboxylic acids is 1. The van der Waals surface area contributed by atoms with E-state index >= 15 is 0 Å². The van der Waals surface area contributed by atoms with E-state index in [1.807, 2.05) is 13.8 Å². The lowest BCUT2D eigenvalue weighted by atomic mass is 10.1.